The maximum atomic E-state index is 13.5. The van der Waals surface area contributed by atoms with Gasteiger partial charge in [0.15, 0.2) is 11.6 Å². The third-order valence-electron chi connectivity index (χ3n) is 4.14. The van der Waals surface area contributed by atoms with Gasteiger partial charge in [0.05, 0.1) is 11.0 Å². The molecule has 1 saturated heterocycles. The Morgan fingerprint density at radius 1 is 1.25 bits per heavy atom. The van der Waals surface area contributed by atoms with E-state index in [9.17, 15) is 18.9 Å². The van der Waals surface area contributed by atoms with Crippen LogP contribution in [-0.2, 0) is 4.74 Å². The number of benzene rings is 2. The fourth-order valence-corrected chi connectivity index (χ4v) is 2.93. The van der Waals surface area contributed by atoms with Gasteiger partial charge < -0.3 is 10.1 Å². The molecule has 0 radical (unpaired) electrons. The van der Waals surface area contributed by atoms with Crippen LogP contribution >= 0.6 is 0 Å². The molecule has 0 spiro atoms. The molecular weight excluding hydrogens is 318 g/mol. The Labute approximate surface area is 137 Å². The maximum Gasteiger partial charge on any atom is 0.292 e. The van der Waals surface area contributed by atoms with Crippen LogP contribution in [0.15, 0.2) is 36.4 Å². The van der Waals surface area contributed by atoms with E-state index in [1.165, 1.54) is 12.1 Å². The second-order valence-corrected chi connectivity index (χ2v) is 5.73. The van der Waals surface area contributed by atoms with E-state index in [2.05, 4.69) is 5.32 Å². The molecule has 24 heavy (non-hydrogen) atoms. The SMILES string of the molecule is Cc1cccc([N+](=O)[O-])c1NC1CCOC1c1ccc(F)c(F)c1. The van der Waals surface area contributed by atoms with Crippen LogP contribution in [0.5, 0.6) is 0 Å². The maximum absolute atomic E-state index is 13.5. The topological polar surface area (TPSA) is 64.4 Å². The fraction of sp³-hybridized carbons (Fsp3) is 0.294. The summed E-state index contributed by atoms with van der Waals surface area (Å²) in [5.74, 6) is -1.86. The normalized spacial score (nSPS) is 20.1. The van der Waals surface area contributed by atoms with Crippen molar-refractivity contribution in [1.82, 2.24) is 0 Å². The van der Waals surface area contributed by atoms with Crippen molar-refractivity contribution in [3.8, 4) is 0 Å². The lowest BCUT2D eigenvalue weighted by atomic mass is 10.0. The van der Waals surface area contributed by atoms with E-state index in [-0.39, 0.29) is 11.7 Å². The third-order valence-corrected chi connectivity index (χ3v) is 4.14. The van der Waals surface area contributed by atoms with Crippen molar-refractivity contribution in [1.29, 1.82) is 0 Å². The van der Waals surface area contributed by atoms with Gasteiger partial charge >= 0.3 is 0 Å². The predicted molar refractivity (Wildman–Crippen MR) is 84.9 cm³/mol. The highest BCUT2D eigenvalue weighted by molar-refractivity contribution is 5.66. The van der Waals surface area contributed by atoms with Gasteiger partial charge in [0.2, 0.25) is 0 Å². The lowest BCUT2D eigenvalue weighted by molar-refractivity contribution is -0.384. The number of aryl methyl sites for hydroxylation is 1. The summed E-state index contributed by atoms with van der Waals surface area (Å²) in [6.45, 7) is 2.21. The van der Waals surface area contributed by atoms with Gasteiger partial charge in [-0.25, -0.2) is 8.78 Å². The number of halogens is 2. The van der Waals surface area contributed by atoms with E-state index in [4.69, 9.17) is 4.74 Å². The monoisotopic (exact) mass is 334 g/mol. The smallest absolute Gasteiger partial charge is 0.292 e. The number of anilines is 1. The van der Waals surface area contributed by atoms with Crippen molar-refractivity contribution in [2.45, 2.75) is 25.5 Å². The molecule has 1 heterocycles. The molecule has 1 fully saturated rings. The Kier molecular flexibility index (Phi) is 4.44. The Bertz CT molecular complexity index is 782. The van der Waals surface area contributed by atoms with Crippen LogP contribution in [0.4, 0.5) is 20.2 Å². The molecule has 0 aromatic heterocycles. The number of hydrogen-bond donors (Lipinski definition) is 1. The fourth-order valence-electron chi connectivity index (χ4n) is 2.93. The molecular formula is C17H16F2N2O3. The Hall–Kier alpha value is -2.54. The van der Waals surface area contributed by atoms with Crippen LogP contribution in [0.2, 0.25) is 0 Å². The molecule has 5 nitrogen and oxygen atoms in total. The number of ether oxygens (including phenoxy) is 1. The number of rotatable bonds is 4. The first kappa shape index (κ1) is 16.3. The number of para-hydroxylation sites is 1. The van der Waals surface area contributed by atoms with Crippen molar-refractivity contribution in [2.75, 3.05) is 11.9 Å². The van der Waals surface area contributed by atoms with Crippen molar-refractivity contribution < 1.29 is 18.4 Å². The standard InChI is InChI=1S/C17H16F2N2O3/c1-10-3-2-4-15(21(22)23)16(10)20-14-7-8-24-17(14)11-5-6-12(18)13(19)9-11/h2-6,9,14,17,20H,7-8H2,1H3. The lowest BCUT2D eigenvalue weighted by Gasteiger charge is -2.22. The predicted octanol–water partition coefficient (Wildman–Crippen LogP) is 4.12. The van der Waals surface area contributed by atoms with Gasteiger partial charge in [-0.15, -0.1) is 0 Å². The summed E-state index contributed by atoms with van der Waals surface area (Å²) in [7, 11) is 0. The highest BCUT2D eigenvalue weighted by Crippen LogP contribution is 2.35. The molecule has 7 heteroatoms. The van der Waals surface area contributed by atoms with E-state index < -0.39 is 22.7 Å². The largest absolute Gasteiger partial charge is 0.373 e. The van der Waals surface area contributed by atoms with E-state index in [1.807, 2.05) is 0 Å². The van der Waals surface area contributed by atoms with Gasteiger partial charge in [-0.3, -0.25) is 10.1 Å². The summed E-state index contributed by atoms with van der Waals surface area (Å²) in [4.78, 5) is 10.8. The van der Waals surface area contributed by atoms with Gasteiger partial charge in [0, 0.05) is 12.7 Å². The molecule has 2 unspecified atom stereocenters. The zero-order valence-electron chi connectivity index (χ0n) is 13.0. The van der Waals surface area contributed by atoms with Gasteiger partial charge in [-0.1, -0.05) is 18.2 Å². The molecule has 0 amide bonds. The van der Waals surface area contributed by atoms with Crippen LogP contribution in [0.25, 0.3) is 0 Å². The van der Waals surface area contributed by atoms with E-state index in [0.717, 1.165) is 17.7 Å². The summed E-state index contributed by atoms with van der Waals surface area (Å²) in [6, 6.07) is 8.18. The van der Waals surface area contributed by atoms with Crippen molar-refractivity contribution in [3.05, 3.63) is 69.3 Å². The van der Waals surface area contributed by atoms with Gasteiger partial charge in [0.25, 0.3) is 5.69 Å². The molecule has 0 aliphatic carbocycles. The van der Waals surface area contributed by atoms with E-state index in [0.29, 0.717) is 24.3 Å². The lowest BCUT2D eigenvalue weighted by Crippen LogP contribution is -2.24. The molecule has 2 aromatic carbocycles. The van der Waals surface area contributed by atoms with E-state index >= 15 is 0 Å². The number of nitro groups is 1. The van der Waals surface area contributed by atoms with Crippen LogP contribution in [0.1, 0.15) is 23.7 Å². The van der Waals surface area contributed by atoms with Crippen molar-refractivity contribution in [3.63, 3.8) is 0 Å². The van der Waals surface area contributed by atoms with Gasteiger partial charge in [-0.05, 0) is 36.6 Å². The molecule has 1 N–H and O–H groups in total. The Balaban J connectivity index is 1.90. The summed E-state index contributed by atoms with van der Waals surface area (Å²) in [5, 5.41) is 14.4. The summed E-state index contributed by atoms with van der Waals surface area (Å²) >= 11 is 0. The Morgan fingerprint density at radius 3 is 2.75 bits per heavy atom. The number of hydrogen-bond acceptors (Lipinski definition) is 4. The average Bonchev–Trinajstić information content (AvgIpc) is 3.00. The van der Waals surface area contributed by atoms with E-state index in [1.54, 1.807) is 19.1 Å². The summed E-state index contributed by atoms with van der Waals surface area (Å²) < 4.78 is 32.2. The van der Waals surface area contributed by atoms with Crippen LogP contribution in [0, 0.1) is 28.7 Å². The molecule has 3 rings (SSSR count). The molecule has 0 saturated carbocycles. The number of nitro benzene ring substituents is 1. The first-order valence-electron chi connectivity index (χ1n) is 7.54. The first-order chi connectivity index (χ1) is 11.5. The Morgan fingerprint density at radius 2 is 2.04 bits per heavy atom. The minimum absolute atomic E-state index is 0.0223. The van der Waals surface area contributed by atoms with Crippen molar-refractivity contribution >= 4 is 11.4 Å². The van der Waals surface area contributed by atoms with Gasteiger partial charge in [0.1, 0.15) is 11.8 Å². The minimum atomic E-state index is -0.941. The molecule has 2 aromatic rings. The van der Waals surface area contributed by atoms with Crippen LogP contribution in [-0.4, -0.2) is 17.6 Å². The molecule has 1 aliphatic heterocycles. The van der Waals surface area contributed by atoms with Crippen LogP contribution < -0.4 is 5.32 Å². The minimum Gasteiger partial charge on any atom is -0.373 e. The van der Waals surface area contributed by atoms with Gasteiger partial charge in [-0.2, -0.15) is 0 Å². The number of nitrogens with one attached hydrogen (secondary N) is 1. The quantitative estimate of drug-likeness (QED) is 0.675. The highest BCUT2D eigenvalue weighted by atomic mass is 19.2. The second kappa shape index (κ2) is 6.52. The van der Waals surface area contributed by atoms with Crippen LogP contribution in [0.3, 0.4) is 0 Å². The summed E-state index contributed by atoms with van der Waals surface area (Å²) in [5.41, 5.74) is 1.64. The molecule has 1 aliphatic rings. The average molecular weight is 334 g/mol. The third kappa shape index (κ3) is 3.07. The zero-order chi connectivity index (χ0) is 17.3. The molecule has 2 atom stereocenters. The molecule has 0 bridgehead atoms. The zero-order valence-corrected chi connectivity index (χ0v) is 13.0. The highest BCUT2D eigenvalue weighted by Gasteiger charge is 2.32. The molecule has 126 valence electrons. The van der Waals surface area contributed by atoms with Crippen molar-refractivity contribution in [2.24, 2.45) is 0 Å². The first-order valence-corrected chi connectivity index (χ1v) is 7.54. The number of nitrogens with zero attached hydrogens (tertiary/aromatic N) is 1. The summed E-state index contributed by atoms with van der Waals surface area (Å²) in [6.07, 6.45) is 0.106. The second-order valence-electron chi connectivity index (χ2n) is 5.73.